The lowest BCUT2D eigenvalue weighted by atomic mass is 10.2. The van der Waals surface area contributed by atoms with E-state index in [1.54, 1.807) is 24.5 Å². The molecule has 0 aliphatic carbocycles. The van der Waals surface area contributed by atoms with Gasteiger partial charge in [0.15, 0.2) is 11.6 Å². The van der Waals surface area contributed by atoms with Crippen molar-refractivity contribution in [2.75, 3.05) is 19.0 Å². The standard InChI is InChI=1S/C16H17F2N3O2/c1-23-13-5-4-11(15(17)16(13)18)9-20-8-6-14(22)21-12-3-2-7-19-10-12/h2-5,7,10,20H,6,8-9H2,1H3,(H,21,22). The average molecular weight is 321 g/mol. The molecule has 2 aromatic rings. The van der Waals surface area contributed by atoms with Crippen molar-refractivity contribution in [1.29, 1.82) is 0 Å². The molecule has 0 saturated carbocycles. The third-order valence-corrected chi connectivity index (χ3v) is 3.14. The van der Waals surface area contributed by atoms with Crippen LogP contribution in [0.15, 0.2) is 36.7 Å². The van der Waals surface area contributed by atoms with E-state index >= 15 is 0 Å². The number of benzene rings is 1. The molecule has 0 unspecified atom stereocenters. The minimum atomic E-state index is -1.01. The zero-order chi connectivity index (χ0) is 16.7. The number of ether oxygens (including phenoxy) is 1. The molecule has 7 heteroatoms. The minimum Gasteiger partial charge on any atom is -0.494 e. The van der Waals surface area contributed by atoms with Crippen LogP contribution in [0.5, 0.6) is 5.75 Å². The number of nitrogens with one attached hydrogen (secondary N) is 2. The number of anilines is 1. The summed E-state index contributed by atoms with van der Waals surface area (Å²) in [4.78, 5) is 15.6. The highest BCUT2D eigenvalue weighted by atomic mass is 19.2. The van der Waals surface area contributed by atoms with Crippen molar-refractivity contribution < 1.29 is 18.3 Å². The van der Waals surface area contributed by atoms with E-state index in [1.165, 1.54) is 19.2 Å². The topological polar surface area (TPSA) is 63.2 Å². The Morgan fingerprint density at radius 3 is 2.78 bits per heavy atom. The molecule has 1 heterocycles. The molecule has 1 aromatic heterocycles. The molecule has 122 valence electrons. The van der Waals surface area contributed by atoms with Crippen LogP contribution in [-0.2, 0) is 11.3 Å². The van der Waals surface area contributed by atoms with Gasteiger partial charge in [-0.1, -0.05) is 6.07 Å². The fourth-order valence-corrected chi connectivity index (χ4v) is 1.95. The molecule has 2 N–H and O–H groups in total. The summed E-state index contributed by atoms with van der Waals surface area (Å²) in [7, 11) is 1.27. The molecule has 23 heavy (non-hydrogen) atoms. The van der Waals surface area contributed by atoms with E-state index in [0.717, 1.165) is 0 Å². The molecule has 0 aliphatic heterocycles. The van der Waals surface area contributed by atoms with Crippen molar-refractivity contribution in [3.05, 3.63) is 53.9 Å². The Labute approximate surface area is 132 Å². The van der Waals surface area contributed by atoms with Crippen molar-refractivity contribution in [2.45, 2.75) is 13.0 Å². The van der Waals surface area contributed by atoms with Gasteiger partial charge in [0, 0.05) is 31.3 Å². The maximum absolute atomic E-state index is 13.7. The van der Waals surface area contributed by atoms with E-state index in [0.29, 0.717) is 12.2 Å². The zero-order valence-corrected chi connectivity index (χ0v) is 12.6. The molecule has 5 nitrogen and oxygen atoms in total. The maximum Gasteiger partial charge on any atom is 0.225 e. The monoisotopic (exact) mass is 321 g/mol. The first kappa shape index (κ1) is 16.8. The number of carbonyl (C=O) groups excluding carboxylic acids is 1. The second kappa shape index (κ2) is 8.19. The normalized spacial score (nSPS) is 10.4. The van der Waals surface area contributed by atoms with Crippen molar-refractivity contribution in [1.82, 2.24) is 10.3 Å². The highest BCUT2D eigenvalue weighted by Crippen LogP contribution is 2.22. The lowest BCUT2D eigenvalue weighted by Crippen LogP contribution is -2.22. The van der Waals surface area contributed by atoms with Crippen LogP contribution in [0.25, 0.3) is 0 Å². The Hall–Kier alpha value is -2.54. The van der Waals surface area contributed by atoms with E-state index in [4.69, 9.17) is 4.74 Å². The van der Waals surface area contributed by atoms with Gasteiger partial charge in [-0.05, 0) is 18.2 Å². The molecular weight excluding hydrogens is 304 g/mol. The first-order chi connectivity index (χ1) is 11.1. The molecule has 0 spiro atoms. The van der Waals surface area contributed by atoms with Gasteiger partial charge in [-0.2, -0.15) is 4.39 Å². The molecule has 1 amide bonds. The van der Waals surface area contributed by atoms with Crippen LogP contribution in [0.3, 0.4) is 0 Å². The Morgan fingerprint density at radius 1 is 1.26 bits per heavy atom. The molecule has 0 atom stereocenters. The highest BCUT2D eigenvalue weighted by Gasteiger charge is 2.13. The first-order valence-electron chi connectivity index (χ1n) is 7.03. The lowest BCUT2D eigenvalue weighted by Gasteiger charge is -2.09. The maximum atomic E-state index is 13.7. The molecular formula is C16H17F2N3O2. The Morgan fingerprint density at radius 2 is 2.09 bits per heavy atom. The van der Waals surface area contributed by atoms with Crippen LogP contribution in [-0.4, -0.2) is 24.5 Å². The average Bonchev–Trinajstić information content (AvgIpc) is 2.56. The fraction of sp³-hybridized carbons (Fsp3) is 0.250. The summed E-state index contributed by atoms with van der Waals surface area (Å²) >= 11 is 0. The third-order valence-electron chi connectivity index (χ3n) is 3.14. The molecule has 1 aromatic carbocycles. The fourth-order valence-electron chi connectivity index (χ4n) is 1.95. The number of carbonyl (C=O) groups is 1. The quantitative estimate of drug-likeness (QED) is 0.769. The SMILES string of the molecule is COc1ccc(CNCCC(=O)Nc2cccnc2)c(F)c1F. The van der Waals surface area contributed by atoms with Crippen LogP contribution >= 0.6 is 0 Å². The number of aromatic nitrogens is 1. The summed E-state index contributed by atoms with van der Waals surface area (Å²) in [6.07, 6.45) is 3.36. The summed E-state index contributed by atoms with van der Waals surface area (Å²) in [5, 5.41) is 5.58. The van der Waals surface area contributed by atoms with Crippen molar-refractivity contribution >= 4 is 11.6 Å². The van der Waals surface area contributed by atoms with E-state index in [2.05, 4.69) is 15.6 Å². The smallest absolute Gasteiger partial charge is 0.225 e. The van der Waals surface area contributed by atoms with E-state index < -0.39 is 11.6 Å². The third kappa shape index (κ3) is 4.72. The zero-order valence-electron chi connectivity index (χ0n) is 12.6. The Bertz CT molecular complexity index is 666. The van der Waals surface area contributed by atoms with Crippen LogP contribution < -0.4 is 15.4 Å². The highest BCUT2D eigenvalue weighted by molar-refractivity contribution is 5.90. The number of rotatable bonds is 7. The summed E-state index contributed by atoms with van der Waals surface area (Å²) in [5.41, 5.74) is 0.789. The van der Waals surface area contributed by atoms with Crippen LogP contribution in [0, 0.1) is 11.6 Å². The van der Waals surface area contributed by atoms with Gasteiger partial charge in [-0.25, -0.2) is 4.39 Å². The first-order valence-corrected chi connectivity index (χ1v) is 7.03. The van der Waals surface area contributed by atoms with E-state index in [1.807, 2.05) is 0 Å². The predicted molar refractivity (Wildman–Crippen MR) is 82.1 cm³/mol. The van der Waals surface area contributed by atoms with Crippen molar-refractivity contribution in [3.8, 4) is 5.75 Å². The predicted octanol–water partition coefficient (Wildman–Crippen LogP) is 2.49. The summed E-state index contributed by atoms with van der Waals surface area (Å²) < 4.78 is 32.0. The number of pyridine rings is 1. The van der Waals surface area contributed by atoms with Crippen LogP contribution in [0.4, 0.5) is 14.5 Å². The largest absolute Gasteiger partial charge is 0.494 e. The second-order valence-electron chi connectivity index (χ2n) is 4.77. The van der Waals surface area contributed by atoms with Gasteiger partial charge in [-0.15, -0.1) is 0 Å². The number of halogens is 2. The molecule has 0 fully saturated rings. The molecule has 0 saturated heterocycles. The van der Waals surface area contributed by atoms with E-state index in [9.17, 15) is 13.6 Å². The molecule has 0 bridgehead atoms. The minimum absolute atomic E-state index is 0.118. The molecule has 2 rings (SSSR count). The van der Waals surface area contributed by atoms with Gasteiger partial charge in [0.25, 0.3) is 0 Å². The lowest BCUT2D eigenvalue weighted by molar-refractivity contribution is -0.116. The van der Waals surface area contributed by atoms with Gasteiger partial charge in [0.05, 0.1) is 19.0 Å². The Balaban J connectivity index is 1.77. The summed E-state index contributed by atoms with van der Waals surface area (Å²) in [5.74, 6) is -2.29. The number of amides is 1. The number of hydrogen-bond donors (Lipinski definition) is 2. The Kier molecular flexibility index (Phi) is 5.99. The second-order valence-corrected chi connectivity index (χ2v) is 4.77. The van der Waals surface area contributed by atoms with Crippen LogP contribution in [0.1, 0.15) is 12.0 Å². The van der Waals surface area contributed by atoms with Gasteiger partial charge in [0.1, 0.15) is 0 Å². The number of nitrogens with zero attached hydrogens (tertiary/aromatic N) is 1. The van der Waals surface area contributed by atoms with E-state index in [-0.39, 0.29) is 30.2 Å². The molecule has 0 aliphatic rings. The van der Waals surface area contributed by atoms with Crippen molar-refractivity contribution in [2.24, 2.45) is 0 Å². The summed E-state index contributed by atoms with van der Waals surface area (Å²) in [6, 6.07) is 6.26. The van der Waals surface area contributed by atoms with Crippen LogP contribution in [0.2, 0.25) is 0 Å². The molecule has 0 radical (unpaired) electrons. The van der Waals surface area contributed by atoms with Gasteiger partial charge in [0.2, 0.25) is 11.7 Å². The number of hydrogen-bond acceptors (Lipinski definition) is 4. The van der Waals surface area contributed by atoms with Gasteiger partial charge in [-0.3, -0.25) is 9.78 Å². The summed E-state index contributed by atoms with van der Waals surface area (Å²) in [6.45, 7) is 0.450. The van der Waals surface area contributed by atoms with Gasteiger partial charge < -0.3 is 15.4 Å². The van der Waals surface area contributed by atoms with Crippen molar-refractivity contribution in [3.63, 3.8) is 0 Å². The number of methoxy groups -OCH3 is 1. The van der Waals surface area contributed by atoms with Gasteiger partial charge >= 0.3 is 0 Å².